The Hall–Kier alpha value is -2.84. The van der Waals surface area contributed by atoms with Crippen molar-refractivity contribution < 1.29 is 4.79 Å². The van der Waals surface area contributed by atoms with Gasteiger partial charge in [0.15, 0.2) is 0 Å². The van der Waals surface area contributed by atoms with Crippen LogP contribution in [0.25, 0.3) is 10.8 Å². The summed E-state index contributed by atoms with van der Waals surface area (Å²) in [5.74, 6) is 2.69. The van der Waals surface area contributed by atoms with Crippen LogP contribution in [0.2, 0.25) is 0 Å². The van der Waals surface area contributed by atoms with E-state index in [1.54, 1.807) is 0 Å². The quantitative estimate of drug-likeness (QED) is 0.458. The molecule has 1 amide bonds. The molecular weight excluding hydrogens is 504 g/mol. The van der Waals surface area contributed by atoms with Crippen LogP contribution in [0.15, 0.2) is 53.8 Å². The van der Waals surface area contributed by atoms with E-state index in [4.69, 9.17) is 4.98 Å². The topological polar surface area (TPSA) is 74.2 Å². The maximum absolute atomic E-state index is 11.9. The standard InChI is InChI=1S/C27H31BrN6O/c1-3-26(35)31-22-4-5-23-20(13-22)14-24(19-7-9-33(2)10-8-19)32-27(23)34-11-6-18(17-34)12-25-29-15-21(28)16-30-25/h3-5,13-16,18-19H,1,6-12,17H2,2H3,(H,31,35)/t18-/m0/s1. The van der Waals surface area contributed by atoms with Gasteiger partial charge in [0.05, 0.1) is 4.47 Å². The number of piperidine rings is 1. The molecule has 8 heteroatoms. The van der Waals surface area contributed by atoms with E-state index in [1.165, 1.54) is 6.08 Å². The number of carbonyl (C=O) groups is 1. The first-order chi connectivity index (χ1) is 17.0. The molecule has 35 heavy (non-hydrogen) atoms. The van der Waals surface area contributed by atoms with E-state index < -0.39 is 0 Å². The molecule has 2 aromatic heterocycles. The minimum absolute atomic E-state index is 0.202. The SMILES string of the molecule is C=CC(=O)Nc1ccc2c(N3CC[C@@H](Cc4ncc(Br)cn4)C3)nc(C3CCN(C)CC3)cc2c1. The molecule has 0 unspecified atom stereocenters. The van der Waals surface area contributed by atoms with Gasteiger partial charge < -0.3 is 15.1 Å². The summed E-state index contributed by atoms with van der Waals surface area (Å²) in [6, 6.07) is 8.32. The van der Waals surface area contributed by atoms with Crippen molar-refractivity contribution in [2.75, 3.05) is 43.4 Å². The Labute approximate surface area is 214 Å². The smallest absolute Gasteiger partial charge is 0.247 e. The first kappa shape index (κ1) is 23.9. The molecular formula is C27H31BrN6O. The van der Waals surface area contributed by atoms with E-state index in [9.17, 15) is 4.79 Å². The third-order valence-corrected chi connectivity index (χ3v) is 7.56. The maximum Gasteiger partial charge on any atom is 0.247 e. The van der Waals surface area contributed by atoms with E-state index in [0.717, 1.165) is 90.1 Å². The molecule has 5 rings (SSSR count). The zero-order chi connectivity index (χ0) is 24.4. The van der Waals surface area contributed by atoms with Gasteiger partial charge in [0.2, 0.25) is 5.91 Å². The third-order valence-electron chi connectivity index (χ3n) is 7.15. The number of pyridine rings is 1. The van der Waals surface area contributed by atoms with Crippen LogP contribution in [-0.4, -0.2) is 59.0 Å². The second-order valence-electron chi connectivity index (χ2n) is 9.70. The number of benzene rings is 1. The average Bonchev–Trinajstić information content (AvgIpc) is 3.33. The Morgan fingerprint density at radius 1 is 1.17 bits per heavy atom. The highest BCUT2D eigenvalue weighted by Gasteiger charge is 2.28. The van der Waals surface area contributed by atoms with Crippen LogP contribution >= 0.6 is 15.9 Å². The third kappa shape index (κ3) is 5.54. The Morgan fingerprint density at radius 3 is 2.69 bits per heavy atom. The van der Waals surface area contributed by atoms with Crippen molar-refractivity contribution in [2.24, 2.45) is 5.92 Å². The molecule has 0 saturated carbocycles. The number of halogens is 1. The fourth-order valence-corrected chi connectivity index (χ4v) is 5.38. The lowest BCUT2D eigenvalue weighted by molar-refractivity contribution is -0.111. The fourth-order valence-electron chi connectivity index (χ4n) is 5.18. The maximum atomic E-state index is 11.9. The molecule has 0 aliphatic carbocycles. The number of nitrogens with zero attached hydrogens (tertiary/aromatic N) is 5. The van der Waals surface area contributed by atoms with E-state index >= 15 is 0 Å². The Bertz CT molecular complexity index is 1220. The molecule has 4 heterocycles. The lowest BCUT2D eigenvalue weighted by Crippen LogP contribution is -2.30. The van der Waals surface area contributed by atoms with E-state index in [-0.39, 0.29) is 5.91 Å². The van der Waals surface area contributed by atoms with Crippen molar-refractivity contribution in [1.82, 2.24) is 19.9 Å². The summed E-state index contributed by atoms with van der Waals surface area (Å²) in [6.45, 7) is 7.65. The molecule has 1 aromatic carbocycles. The molecule has 1 N–H and O–H groups in total. The van der Waals surface area contributed by atoms with Gasteiger partial charge in [0, 0.05) is 54.6 Å². The molecule has 2 saturated heterocycles. The van der Waals surface area contributed by atoms with Crippen LogP contribution in [0.5, 0.6) is 0 Å². The zero-order valence-corrected chi connectivity index (χ0v) is 21.7. The molecule has 3 aromatic rings. The first-order valence-electron chi connectivity index (χ1n) is 12.3. The average molecular weight is 535 g/mol. The highest BCUT2D eigenvalue weighted by Crippen LogP contribution is 2.36. The molecule has 182 valence electrons. The van der Waals surface area contributed by atoms with E-state index in [0.29, 0.717) is 11.8 Å². The number of amides is 1. The summed E-state index contributed by atoms with van der Waals surface area (Å²) in [7, 11) is 2.18. The van der Waals surface area contributed by atoms with Crippen molar-refractivity contribution in [3.8, 4) is 0 Å². The molecule has 2 aliphatic heterocycles. The molecule has 7 nitrogen and oxygen atoms in total. The van der Waals surface area contributed by atoms with Crippen molar-refractivity contribution in [1.29, 1.82) is 0 Å². The number of fused-ring (bicyclic) bond motifs is 1. The Morgan fingerprint density at radius 2 is 1.94 bits per heavy atom. The van der Waals surface area contributed by atoms with Gasteiger partial charge in [-0.15, -0.1) is 0 Å². The second kappa shape index (κ2) is 10.4. The predicted octanol–water partition coefficient (Wildman–Crippen LogP) is 4.79. The number of likely N-dealkylation sites (tertiary alicyclic amines) is 1. The van der Waals surface area contributed by atoms with Crippen molar-refractivity contribution >= 4 is 44.1 Å². The largest absolute Gasteiger partial charge is 0.356 e. The molecule has 2 aliphatic rings. The van der Waals surface area contributed by atoms with Crippen LogP contribution in [0.1, 0.15) is 36.7 Å². The summed E-state index contributed by atoms with van der Waals surface area (Å²) in [4.78, 5) is 30.9. The van der Waals surface area contributed by atoms with Crippen molar-refractivity contribution in [3.05, 3.63) is 65.3 Å². The van der Waals surface area contributed by atoms with Crippen molar-refractivity contribution in [3.63, 3.8) is 0 Å². The molecule has 2 fully saturated rings. The van der Waals surface area contributed by atoms with Gasteiger partial charge in [-0.2, -0.15) is 0 Å². The number of hydrogen-bond acceptors (Lipinski definition) is 6. The van der Waals surface area contributed by atoms with Crippen LogP contribution in [0.4, 0.5) is 11.5 Å². The van der Waals surface area contributed by atoms with Crippen LogP contribution < -0.4 is 10.2 Å². The van der Waals surface area contributed by atoms with Crippen molar-refractivity contribution in [2.45, 2.75) is 31.6 Å². The Kier molecular flexibility index (Phi) is 7.11. The number of rotatable bonds is 6. The lowest BCUT2D eigenvalue weighted by Gasteiger charge is -2.30. The highest BCUT2D eigenvalue weighted by atomic mass is 79.9. The van der Waals surface area contributed by atoms with Gasteiger partial charge in [-0.25, -0.2) is 15.0 Å². The molecule has 0 radical (unpaired) electrons. The lowest BCUT2D eigenvalue weighted by atomic mass is 9.92. The van der Waals surface area contributed by atoms with Crippen LogP contribution in [-0.2, 0) is 11.2 Å². The minimum atomic E-state index is -0.202. The number of nitrogens with one attached hydrogen (secondary N) is 1. The highest BCUT2D eigenvalue weighted by molar-refractivity contribution is 9.10. The monoisotopic (exact) mass is 534 g/mol. The van der Waals surface area contributed by atoms with Crippen LogP contribution in [0.3, 0.4) is 0 Å². The Balaban J connectivity index is 1.44. The summed E-state index contributed by atoms with van der Waals surface area (Å²) in [5.41, 5.74) is 1.94. The number of anilines is 2. The molecule has 1 atom stereocenters. The second-order valence-corrected chi connectivity index (χ2v) is 10.6. The number of aromatic nitrogens is 3. The van der Waals surface area contributed by atoms with E-state index in [2.05, 4.69) is 72.8 Å². The van der Waals surface area contributed by atoms with E-state index in [1.807, 2.05) is 18.5 Å². The summed E-state index contributed by atoms with van der Waals surface area (Å²) < 4.78 is 0.902. The predicted molar refractivity (Wildman–Crippen MR) is 144 cm³/mol. The summed E-state index contributed by atoms with van der Waals surface area (Å²) in [6.07, 6.45) is 9.12. The van der Waals surface area contributed by atoms with Gasteiger partial charge >= 0.3 is 0 Å². The molecule has 0 spiro atoms. The van der Waals surface area contributed by atoms with Crippen LogP contribution in [0, 0.1) is 5.92 Å². The first-order valence-corrected chi connectivity index (χ1v) is 13.1. The van der Waals surface area contributed by atoms with Gasteiger partial charge in [0.25, 0.3) is 0 Å². The summed E-state index contributed by atoms with van der Waals surface area (Å²) in [5, 5.41) is 5.14. The fraction of sp³-hybridized carbons (Fsp3) is 0.407. The number of carbonyl (C=O) groups excluding carboxylic acids is 1. The minimum Gasteiger partial charge on any atom is -0.356 e. The van der Waals surface area contributed by atoms with Gasteiger partial charge in [0.1, 0.15) is 11.6 Å². The number of hydrogen-bond donors (Lipinski definition) is 1. The summed E-state index contributed by atoms with van der Waals surface area (Å²) >= 11 is 3.41. The van der Waals surface area contributed by atoms with Gasteiger partial charge in [-0.3, -0.25) is 4.79 Å². The zero-order valence-electron chi connectivity index (χ0n) is 20.1. The van der Waals surface area contributed by atoms with Gasteiger partial charge in [-0.1, -0.05) is 6.58 Å². The van der Waals surface area contributed by atoms with Gasteiger partial charge in [-0.05, 0) is 97.0 Å². The normalized spacial score (nSPS) is 19.3. The molecule has 0 bridgehead atoms.